The third-order valence-corrected chi connectivity index (χ3v) is 2.95. The molecule has 0 unspecified atom stereocenters. The fourth-order valence-electron chi connectivity index (χ4n) is 1.95. The van der Waals surface area contributed by atoms with E-state index in [0.29, 0.717) is 0 Å². The summed E-state index contributed by atoms with van der Waals surface area (Å²) in [6.07, 6.45) is 0. The Morgan fingerprint density at radius 3 is 1.73 bits per heavy atom. The predicted octanol–water partition coefficient (Wildman–Crippen LogP) is 4.34. The van der Waals surface area contributed by atoms with Crippen molar-refractivity contribution in [1.29, 1.82) is 0 Å². The maximum Gasteiger partial charge on any atom is 0.0198 e. The van der Waals surface area contributed by atoms with E-state index in [-0.39, 0.29) is 5.41 Å². The van der Waals surface area contributed by atoms with E-state index in [1.807, 2.05) is 6.92 Å². The van der Waals surface area contributed by atoms with Gasteiger partial charge < -0.3 is 0 Å². The Morgan fingerprint density at radius 2 is 1.47 bits per heavy atom. The second-order valence-corrected chi connectivity index (χ2v) is 5.90. The van der Waals surface area contributed by atoms with E-state index in [1.54, 1.807) is 0 Å². The topological polar surface area (TPSA) is 0 Å². The molecule has 0 heterocycles. The first kappa shape index (κ1) is 12.4. The number of aryl methyl sites for hydroxylation is 2. The highest BCUT2D eigenvalue weighted by molar-refractivity contribution is 7.80. The van der Waals surface area contributed by atoms with Crippen LogP contribution >= 0.6 is 12.2 Å². The summed E-state index contributed by atoms with van der Waals surface area (Å²) in [5, 5.41) is 0. The van der Waals surface area contributed by atoms with Gasteiger partial charge in [-0.05, 0) is 48.4 Å². The molecule has 0 amide bonds. The number of rotatable bonds is 1. The van der Waals surface area contributed by atoms with E-state index in [2.05, 4.69) is 46.8 Å². The van der Waals surface area contributed by atoms with Crippen molar-refractivity contribution in [3.8, 4) is 0 Å². The highest BCUT2D eigenvalue weighted by Gasteiger charge is 2.16. The van der Waals surface area contributed by atoms with E-state index in [0.717, 1.165) is 4.86 Å². The van der Waals surface area contributed by atoms with Crippen LogP contribution in [-0.4, -0.2) is 4.86 Å². The molecular formula is C14H20S. The van der Waals surface area contributed by atoms with Crippen LogP contribution in [0.3, 0.4) is 0 Å². The molecular weight excluding hydrogens is 200 g/mol. The van der Waals surface area contributed by atoms with Crippen LogP contribution in [0, 0.1) is 13.8 Å². The van der Waals surface area contributed by atoms with Gasteiger partial charge in [-0.25, -0.2) is 0 Å². The van der Waals surface area contributed by atoms with Gasteiger partial charge in [0.2, 0.25) is 0 Å². The number of hydrogen-bond donors (Lipinski definition) is 0. The summed E-state index contributed by atoms with van der Waals surface area (Å²) in [6.45, 7) is 13.0. The monoisotopic (exact) mass is 220 g/mol. The normalized spacial score (nSPS) is 11.6. The lowest BCUT2D eigenvalue weighted by molar-refractivity contribution is 0.589. The Bertz CT molecular complexity index is 371. The van der Waals surface area contributed by atoms with Gasteiger partial charge in [-0.1, -0.05) is 45.1 Å². The van der Waals surface area contributed by atoms with Crippen LogP contribution in [0.25, 0.3) is 0 Å². The Morgan fingerprint density at radius 1 is 1.07 bits per heavy atom. The number of benzene rings is 1. The molecule has 0 aliphatic heterocycles. The van der Waals surface area contributed by atoms with Crippen molar-refractivity contribution in [1.82, 2.24) is 0 Å². The molecule has 0 nitrogen and oxygen atoms in total. The van der Waals surface area contributed by atoms with Gasteiger partial charge in [-0.3, -0.25) is 0 Å². The summed E-state index contributed by atoms with van der Waals surface area (Å²) >= 11 is 5.27. The molecule has 0 saturated carbocycles. The fraction of sp³-hybridized carbons (Fsp3) is 0.500. The molecule has 1 aromatic rings. The summed E-state index contributed by atoms with van der Waals surface area (Å²) < 4.78 is 0. The number of thiocarbonyl (C=S) groups is 1. The minimum Gasteiger partial charge on any atom is -0.0846 e. The van der Waals surface area contributed by atoms with Gasteiger partial charge >= 0.3 is 0 Å². The molecule has 0 fully saturated rings. The van der Waals surface area contributed by atoms with Crippen molar-refractivity contribution >= 4 is 17.1 Å². The van der Waals surface area contributed by atoms with Gasteiger partial charge in [-0.2, -0.15) is 0 Å². The smallest absolute Gasteiger partial charge is 0.0198 e. The van der Waals surface area contributed by atoms with Crippen LogP contribution in [0.2, 0.25) is 0 Å². The van der Waals surface area contributed by atoms with Gasteiger partial charge in [-0.15, -0.1) is 0 Å². The lowest BCUT2D eigenvalue weighted by Crippen LogP contribution is -2.13. The summed E-state index contributed by atoms with van der Waals surface area (Å²) in [5.74, 6) is 0. The van der Waals surface area contributed by atoms with Gasteiger partial charge in [0, 0.05) is 4.86 Å². The molecule has 0 aliphatic carbocycles. The summed E-state index contributed by atoms with van der Waals surface area (Å²) in [6, 6.07) is 4.52. The first-order valence-electron chi connectivity index (χ1n) is 5.36. The van der Waals surface area contributed by atoms with Crippen molar-refractivity contribution in [3.63, 3.8) is 0 Å². The lowest BCUT2D eigenvalue weighted by Gasteiger charge is -2.22. The standard InChI is InChI=1S/C14H20S/c1-9-7-12(14(4,5)6)8-10(2)13(9)11(3)15/h7-8H,1-6H3. The molecule has 0 aliphatic rings. The Kier molecular flexibility index (Phi) is 3.34. The molecule has 1 rings (SSSR count). The predicted molar refractivity (Wildman–Crippen MR) is 72.0 cm³/mol. The Labute approximate surface area is 98.7 Å². The summed E-state index contributed by atoms with van der Waals surface area (Å²) in [5.41, 5.74) is 5.44. The highest BCUT2D eigenvalue weighted by atomic mass is 32.1. The molecule has 0 atom stereocenters. The lowest BCUT2D eigenvalue weighted by atomic mass is 9.83. The third kappa shape index (κ3) is 2.66. The molecule has 82 valence electrons. The molecule has 0 bridgehead atoms. The second kappa shape index (κ2) is 4.05. The average Bonchev–Trinajstić information content (AvgIpc) is 1.99. The molecule has 0 saturated heterocycles. The Balaban J connectivity index is 3.39. The quantitative estimate of drug-likeness (QED) is 0.501. The van der Waals surface area contributed by atoms with Gasteiger partial charge in [0.05, 0.1) is 0 Å². The fourth-order valence-corrected chi connectivity index (χ4v) is 2.27. The zero-order valence-electron chi connectivity index (χ0n) is 10.6. The molecule has 1 aromatic carbocycles. The van der Waals surface area contributed by atoms with E-state index in [9.17, 15) is 0 Å². The average molecular weight is 220 g/mol. The molecule has 0 spiro atoms. The van der Waals surface area contributed by atoms with Crippen molar-refractivity contribution in [2.24, 2.45) is 0 Å². The van der Waals surface area contributed by atoms with E-state index < -0.39 is 0 Å². The molecule has 0 radical (unpaired) electrons. The van der Waals surface area contributed by atoms with E-state index in [1.165, 1.54) is 22.3 Å². The molecule has 15 heavy (non-hydrogen) atoms. The van der Waals surface area contributed by atoms with Crippen LogP contribution in [0.15, 0.2) is 12.1 Å². The van der Waals surface area contributed by atoms with Gasteiger partial charge in [0.25, 0.3) is 0 Å². The molecule has 0 N–H and O–H groups in total. The van der Waals surface area contributed by atoms with Crippen molar-refractivity contribution < 1.29 is 0 Å². The highest BCUT2D eigenvalue weighted by Crippen LogP contribution is 2.27. The molecule has 1 heteroatoms. The SMILES string of the molecule is CC(=S)c1c(C)cc(C(C)(C)C)cc1C. The maximum atomic E-state index is 5.27. The van der Waals surface area contributed by atoms with Crippen LogP contribution in [0.5, 0.6) is 0 Å². The van der Waals surface area contributed by atoms with Gasteiger partial charge in [0.1, 0.15) is 0 Å². The minimum absolute atomic E-state index is 0.212. The van der Waals surface area contributed by atoms with Crippen LogP contribution < -0.4 is 0 Å². The largest absolute Gasteiger partial charge is 0.0846 e. The first-order valence-corrected chi connectivity index (χ1v) is 5.77. The maximum absolute atomic E-state index is 5.27. The zero-order valence-corrected chi connectivity index (χ0v) is 11.4. The first-order chi connectivity index (χ1) is 6.73. The van der Waals surface area contributed by atoms with E-state index >= 15 is 0 Å². The Hall–Kier alpha value is -0.690. The third-order valence-electron chi connectivity index (χ3n) is 2.75. The van der Waals surface area contributed by atoms with Crippen LogP contribution in [-0.2, 0) is 5.41 Å². The minimum atomic E-state index is 0.212. The number of hydrogen-bond acceptors (Lipinski definition) is 1. The van der Waals surface area contributed by atoms with Crippen molar-refractivity contribution in [3.05, 3.63) is 34.4 Å². The van der Waals surface area contributed by atoms with Crippen LogP contribution in [0.4, 0.5) is 0 Å². The van der Waals surface area contributed by atoms with Crippen molar-refractivity contribution in [2.45, 2.75) is 47.0 Å². The van der Waals surface area contributed by atoms with Crippen LogP contribution in [0.1, 0.15) is 49.9 Å². The summed E-state index contributed by atoms with van der Waals surface area (Å²) in [4.78, 5) is 0.991. The van der Waals surface area contributed by atoms with E-state index in [4.69, 9.17) is 12.2 Å². The van der Waals surface area contributed by atoms with Gasteiger partial charge in [0.15, 0.2) is 0 Å². The summed E-state index contributed by atoms with van der Waals surface area (Å²) in [7, 11) is 0. The zero-order chi connectivity index (χ0) is 11.8. The van der Waals surface area contributed by atoms with Crippen molar-refractivity contribution in [2.75, 3.05) is 0 Å². The second-order valence-electron chi connectivity index (χ2n) is 5.29. The molecule has 0 aromatic heterocycles.